The number of carbonyl (C=O) groups excluding carboxylic acids is 2. The van der Waals surface area contributed by atoms with Gasteiger partial charge < -0.3 is 14.5 Å². The van der Waals surface area contributed by atoms with E-state index in [9.17, 15) is 9.59 Å². The number of ether oxygens (including phenoxy) is 1. The SMILES string of the molecule is COC(=O)CCCN1CCCN(C(=O)c2cccc(C)c2)CC1. The van der Waals surface area contributed by atoms with E-state index in [4.69, 9.17) is 0 Å². The minimum Gasteiger partial charge on any atom is -0.469 e. The number of nitrogens with zero attached hydrogens (tertiary/aromatic N) is 2. The van der Waals surface area contributed by atoms with E-state index in [2.05, 4.69) is 9.64 Å². The number of benzene rings is 1. The molecule has 1 aliphatic rings. The van der Waals surface area contributed by atoms with Crippen LogP contribution in [0.2, 0.25) is 0 Å². The van der Waals surface area contributed by atoms with Gasteiger partial charge in [0.25, 0.3) is 5.91 Å². The predicted octanol–water partition coefficient (Wildman–Crippen LogP) is 2.10. The van der Waals surface area contributed by atoms with Crippen molar-refractivity contribution < 1.29 is 14.3 Å². The largest absolute Gasteiger partial charge is 0.469 e. The van der Waals surface area contributed by atoms with Crippen LogP contribution in [0, 0.1) is 6.92 Å². The summed E-state index contributed by atoms with van der Waals surface area (Å²) in [6.45, 7) is 6.24. The molecule has 5 nitrogen and oxygen atoms in total. The second-order valence-electron chi connectivity index (χ2n) is 6.04. The van der Waals surface area contributed by atoms with Gasteiger partial charge in [-0.25, -0.2) is 0 Å². The number of methoxy groups -OCH3 is 1. The van der Waals surface area contributed by atoms with Crippen LogP contribution in [0.15, 0.2) is 24.3 Å². The number of amides is 1. The summed E-state index contributed by atoms with van der Waals surface area (Å²) in [5.74, 6) is -0.0406. The Morgan fingerprint density at radius 3 is 2.74 bits per heavy atom. The van der Waals surface area contributed by atoms with E-state index < -0.39 is 0 Å². The zero-order chi connectivity index (χ0) is 16.7. The van der Waals surface area contributed by atoms with Gasteiger partial charge in [-0.05, 0) is 45.0 Å². The molecule has 0 atom stereocenters. The van der Waals surface area contributed by atoms with Crippen molar-refractivity contribution in [2.75, 3.05) is 39.8 Å². The second kappa shape index (κ2) is 8.67. The van der Waals surface area contributed by atoms with Crippen molar-refractivity contribution in [2.45, 2.75) is 26.2 Å². The Hall–Kier alpha value is -1.88. The fourth-order valence-corrected chi connectivity index (χ4v) is 2.91. The highest BCUT2D eigenvalue weighted by Gasteiger charge is 2.20. The fourth-order valence-electron chi connectivity index (χ4n) is 2.91. The highest BCUT2D eigenvalue weighted by molar-refractivity contribution is 5.94. The fraction of sp³-hybridized carbons (Fsp3) is 0.556. The van der Waals surface area contributed by atoms with Crippen molar-refractivity contribution in [3.05, 3.63) is 35.4 Å². The molecule has 23 heavy (non-hydrogen) atoms. The van der Waals surface area contributed by atoms with E-state index in [1.807, 2.05) is 36.1 Å². The molecule has 0 spiro atoms. The summed E-state index contributed by atoms with van der Waals surface area (Å²) in [7, 11) is 1.42. The maximum atomic E-state index is 12.6. The highest BCUT2D eigenvalue weighted by atomic mass is 16.5. The van der Waals surface area contributed by atoms with Gasteiger partial charge in [-0.1, -0.05) is 17.7 Å². The van der Waals surface area contributed by atoms with Gasteiger partial charge in [0.05, 0.1) is 7.11 Å². The summed E-state index contributed by atoms with van der Waals surface area (Å²) in [6.07, 6.45) is 2.23. The molecule has 1 aromatic carbocycles. The van der Waals surface area contributed by atoms with Crippen LogP contribution in [0.5, 0.6) is 0 Å². The maximum absolute atomic E-state index is 12.6. The summed E-state index contributed by atoms with van der Waals surface area (Å²) >= 11 is 0. The smallest absolute Gasteiger partial charge is 0.305 e. The molecule has 0 unspecified atom stereocenters. The summed E-state index contributed by atoms with van der Waals surface area (Å²) in [4.78, 5) is 28.0. The summed E-state index contributed by atoms with van der Waals surface area (Å²) in [5, 5.41) is 0. The van der Waals surface area contributed by atoms with Gasteiger partial charge in [-0.3, -0.25) is 9.59 Å². The van der Waals surface area contributed by atoms with Crippen LogP contribution in [0.1, 0.15) is 35.2 Å². The first-order chi connectivity index (χ1) is 11.1. The normalized spacial score (nSPS) is 16.0. The average Bonchev–Trinajstić information content (AvgIpc) is 2.79. The molecule has 0 radical (unpaired) electrons. The van der Waals surface area contributed by atoms with Crippen LogP contribution in [0.4, 0.5) is 0 Å². The van der Waals surface area contributed by atoms with Gasteiger partial charge in [0.2, 0.25) is 0 Å². The minimum atomic E-state index is -0.156. The standard InChI is InChI=1S/C18H26N2O3/c1-15-6-3-7-16(14-15)18(22)20-11-5-10-19(12-13-20)9-4-8-17(21)23-2/h3,6-7,14H,4-5,8-13H2,1-2H3. The zero-order valence-electron chi connectivity index (χ0n) is 14.1. The Labute approximate surface area is 138 Å². The van der Waals surface area contributed by atoms with E-state index in [1.54, 1.807) is 0 Å². The maximum Gasteiger partial charge on any atom is 0.305 e. The quantitative estimate of drug-likeness (QED) is 0.780. The predicted molar refractivity (Wildman–Crippen MR) is 89.4 cm³/mol. The van der Waals surface area contributed by atoms with Gasteiger partial charge in [0.1, 0.15) is 0 Å². The second-order valence-corrected chi connectivity index (χ2v) is 6.04. The summed E-state index contributed by atoms with van der Waals surface area (Å²) in [6, 6.07) is 7.76. The molecule has 0 saturated carbocycles. The first-order valence-electron chi connectivity index (χ1n) is 8.25. The van der Waals surface area contributed by atoms with Crippen LogP contribution >= 0.6 is 0 Å². The number of carbonyl (C=O) groups is 2. The monoisotopic (exact) mass is 318 g/mol. The van der Waals surface area contributed by atoms with Crippen LogP contribution in [0.3, 0.4) is 0 Å². The van der Waals surface area contributed by atoms with E-state index in [-0.39, 0.29) is 11.9 Å². The van der Waals surface area contributed by atoms with Crippen LogP contribution in [0.25, 0.3) is 0 Å². The molecule has 1 aromatic rings. The zero-order valence-corrected chi connectivity index (χ0v) is 14.1. The molecular weight excluding hydrogens is 292 g/mol. The van der Waals surface area contributed by atoms with Gasteiger partial charge in [-0.15, -0.1) is 0 Å². The Morgan fingerprint density at radius 1 is 1.17 bits per heavy atom. The van der Waals surface area contributed by atoms with Crippen molar-refractivity contribution in [2.24, 2.45) is 0 Å². The lowest BCUT2D eigenvalue weighted by atomic mass is 10.1. The number of rotatable bonds is 5. The molecule has 1 aliphatic heterocycles. The van der Waals surface area contributed by atoms with E-state index in [0.717, 1.165) is 56.7 Å². The number of hydrogen-bond donors (Lipinski definition) is 0. The van der Waals surface area contributed by atoms with Crippen molar-refractivity contribution in [3.63, 3.8) is 0 Å². The molecule has 0 N–H and O–H groups in total. The molecule has 2 rings (SSSR count). The Bertz CT molecular complexity index is 545. The first-order valence-corrected chi connectivity index (χ1v) is 8.25. The molecule has 0 aromatic heterocycles. The minimum absolute atomic E-state index is 0.116. The third-order valence-corrected chi connectivity index (χ3v) is 4.22. The Balaban J connectivity index is 1.83. The number of esters is 1. The summed E-state index contributed by atoms with van der Waals surface area (Å²) in [5.41, 5.74) is 1.87. The Kier molecular flexibility index (Phi) is 6.59. The van der Waals surface area contributed by atoms with Crippen LogP contribution in [-0.4, -0.2) is 61.5 Å². The van der Waals surface area contributed by atoms with Crippen molar-refractivity contribution in [1.29, 1.82) is 0 Å². The van der Waals surface area contributed by atoms with E-state index >= 15 is 0 Å². The molecule has 1 amide bonds. The molecule has 5 heteroatoms. The third-order valence-electron chi connectivity index (χ3n) is 4.22. The van der Waals surface area contributed by atoms with Crippen molar-refractivity contribution in [3.8, 4) is 0 Å². The molecule has 126 valence electrons. The lowest BCUT2D eigenvalue weighted by Gasteiger charge is -2.22. The lowest BCUT2D eigenvalue weighted by molar-refractivity contribution is -0.140. The lowest BCUT2D eigenvalue weighted by Crippen LogP contribution is -2.35. The van der Waals surface area contributed by atoms with Crippen molar-refractivity contribution in [1.82, 2.24) is 9.80 Å². The van der Waals surface area contributed by atoms with E-state index in [0.29, 0.717) is 6.42 Å². The van der Waals surface area contributed by atoms with Crippen LogP contribution < -0.4 is 0 Å². The summed E-state index contributed by atoms with van der Waals surface area (Å²) < 4.78 is 4.66. The highest BCUT2D eigenvalue weighted by Crippen LogP contribution is 2.11. The topological polar surface area (TPSA) is 49.9 Å². The van der Waals surface area contributed by atoms with Gasteiger partial charge in [-0.2, -0.15) is 0 Å². The number of hydrogen-bond acceptors (Lipinski definition) is 4. The molecule has 1 heterocycles. The van der Waals surface area contributed by atoms with Gasteiger partial charge >= 0.3 is 5.97 Å². The van der Waals surface area contributed by atoms with Gasteiger partial charge in [0.15, 0.2) is 0 Å². The molecule has 0 aliphatic carbocycles. The Morgan fingerprint density at radius 2 is 2.00 bits per heavy atom. The van der Waals surface area contributed by atoms with Crippen molar-refractivity contribution >= 4 is 11.9 Å². The van der Waals surface area contributed by atoms with Crippen LogP contribution in [-0.2, 0) is 9.53 Å². The molecular formula is C18H26N2O3. The molecule has 1 fully saturated rings. The van der Waals surface area contributed by atoms with E-state index in [1.165, 1.54) is 7.11 Å². The number of aryl methyl sites for hydroxylation is 1. The third kappa shape index (κ3) is 5.36. The first kappa shape index (κ1) is 17.5. The average molecular weight is 318 g/mol. The molecule has 0 bridgehead atoms. The van der Waals surface area contributed by atoms with Gasteiger partial charge in [0, 0.05) is 31.6 Å². The molecule has 1 saturated heterocycles.